The molecule has 2 rings (SSSR count). The summed E-state index contributed by atoms with van der Waals surface area (Å²) in [6, 6.07) is 12.2. The number of carbonyl (C=O) groups excluding carboxylic acids is 1. The fourth-order valence-electron chi connectivity index (χ4n) is 2.07. The monoisotopic (exact) mass is 268 g/mol. The molecule has 2 aromatic carbocycles. The van der Waals surface area contributed by atoms with Gasteiger partial charge in [0.1, 0.15) is 0 Å². The van der Waals surface area contributed by atoms with E-state index in [9.17, 15) is 9.59 Å². The number of aromatic carboxylic acids is 1. The van der Waals surface area contributed by atoms with Crippen molar-refractivity contribution in [2.24, 2.45) is 0 Å². The van der Waals surface area contributed by atoms with E-state index < -0.39 is 5.97 Å². The number of carboxylic acid groups (broad SMARTS) is 1. The zero-order valence-corrected chi connectivity index (χ0v) is 11.5. The highest BCUT2D eigenvalue weighted by Crippen LogP contribution is 2.15. The predicted octanol–water partition coefficient (Wildman–Crippen LogP) is 3.43. The SMILES string of the molecule is Cc1ccc(C(=O)Cc2ccccc2C(=O)O)cc1C. The summed E-state index contributed by atoms with van der Waals surface area (Å²) >= 11 is 0. The molecular formula is C17H16O3. The van der Waals surface area contributed by atoms with Gasteiger partial charge in [-0.3, -0.25) is 4.79 Å². The van der Waals surface area contributed by atoms with Crippen LogP contribution in [-0.4, -0.2) is 16.9 Å². The van der Waals surface area contributed by atoms with Gasteiger partial charge in [0.2, 0.25) is 0 Å². The highest BCUT2D eigenvalue weighted by molar-refractivity contribution is 5.99. The summed E-state index contributed by atoms with van der Waals surface area (Å²) in [5, 5.41) is 9.12. The van der Waals surface area contributed by atoms with Crippen LogP contribution in [-0.2, 0) is 6.42 Å². The number of aryl methyl sites for hydroxylation is 2. The van der Waals surface area contributed by atoms with E-state index in [1.165, 1.54) is 6.07 Å². The summed E-state index contributed by atoms with van der Waals surface area (Å²) < 4.78 is 0. The molecule has 1 N–H and O–H groups in total. The molecule has 0 unspecified atom stereocenters. The second-order valence-corrected chi connectivity index (χ2v) is 4.86. The summed E-state index contributed by atoms with van der Waals surface area (Å²) in [4.78, 5) is 23.4. The first kappa shape index (κ1) is 14.0. The fraction of sp³-hybridized carbons (Fsp3) is 0.176. The lowest BCUT2D eigenvalue weighted by atomic mass is 9.97. The highest BCUT2D eigenvalue weighted by atomic mass is 16.4. The Hall–Kier alpha value is -2.42. The van der Waals surface area contributed by atoms with Gasteiger partial charge in [0.05, 0.1) is 5.56 Å². The number of benzene rings is 2. The maximum Gasteiger partial charge on any atom is 0.335 e. The molecule has 0 saturated carbocycles. The van der Waals surface area contributed by atoms with Gasteiger partial charge in [-0.2, -0.15) is 0 Å². The first-order valence-electron chi connectivity index (χ1n) is 6.40. The third-order valence-corrected chi connectivity index (χ3v) is 3.43. The van der Waals surface area contributed by atoms with Crippen LogP contribution < -0.4 is 0 Å². The molecule has 0 radical (unpaired) electrons. The van der Waals surface area contributed by atoms with Gasteiger partial charge < -0.3 is 5.11 Å². The maximum absolute atomic E-state index is 12.3. The zero-order valence-electron chi connectivity index (χ0n) is 11.5. The van der Waals surface area contributed by atoms with E-state index in [0.29, 0.717) is 11.1 Å². The Labute approximate surface area is 117 Å². The molecule has 0 bridgehead atoms. The second kappa shape index (κ2) is 5.70. The molecule has 0 spiro atoms. The summed E-state index contributed by atoms with van der Waals surface area (Å²) in [5.41, 5.74) is 3.54. The number of hydrogen-bond acceptors (Lipinski definition) is 2. The van der Waals surface area contributed by atoms with Gasteiger partial charge in [-0.1, -0.05) is 30.3 Å². The maximum atomic E-state index is 12.3. The van der Waals surface area contributed by atoms with Crippen LogP contribution in [0.2, 0.25) is 0 Å². The summed E-state index contributed by atoms with van der Waals surface area (Å²) in [6.45, 7) is 3.95. The van der Waals surface area contributed by atoms with Crippen molar-refractivity contribution in [3.8, 4) is 0 Å². The standard InChI is InChI=1S/C17H16O3/c1-11-7-8-14(9-12(11)2)16(18)10-13-5-3-4-6-15(13)17(19)20/h3-9H,10H2,1-2H3,(H,19,20). The molecule has 0 atom stereocenters. The molecule has 0 saturated heterocycles. The van der Waals surface area contributed by atoms with Crippen LogP contribution in [0.5, 0.6) is 0 Å². The van der Waals surface area contributed by atoms with Crippen LogP contribution in [0.25, 0.3) is 0 Å². The Bertz CT molecular complexity index is 672. The minimum atomic E-state index is -1.01. The van der Waals surface area contributed by atoms with Crippen molar-refractivity contribution in [1.29, 1.82) is 0 Å². The lowest BCUT2D eigenvalue weighted by Gasteiger charge is -2.07. The van der Waals surface area contributed by atoms with Crippen molar-refractivity contribution >= 4 is 11.8 Å². The fourth-order valence-corrected chi connectivity index (χ4v) is 2.07. The summed E-state index contributed by atoms with van der Waals surface area (Å²) in [5.74, 6) is -1.07. The average Bonchev–Trinajstić information content (AvgIpc) is 2.42. The smallest absolute Gasteiger partial charge is 0.335 e. The molecule has 20 heavy (non-hydrogen) atoms. The molecule has 0 aliphatic carbocycles. The molecule has 0 aromatic heterocycles. The number of ketones is 1. The molecule has 0 amide bonds. The topological polar surface area (TPSA) is 54.4 Å². The first-order valence-corrected chi connectivity index (χ1v) is 6.40. The lowest BCUT2D eigenvalue weighted by Crippen LogP contribution is -2.09. The largest absolute Gasteiger partial charge is 0.478 e. The van der Waals surface area contributed by atoms with Gasteiger partial charge in [0.25, 0.3) is 0 Å². The lowest BCUT2D eigenvalue weighted by molar-refractivity contribution is 0.0696. The van der Waals surface area contributed by atoms with Gasteiger partial charge in [0, 0.05) is 12.0 Å². The van der Waals surface area contributed by atoms with Crippen molar-refractivity contribution in [1.82, 2.24) is 0 Å². The minimum Gasteiger partial charge on any atom is -0.478 e. The molecule has 0 aliphatic heterocycles. The molecule has 102 valence electrons. The molecule has 0 aliphatic rings. The predicted molar refractivity (Wildman–Crippen MR) is 77.4 cm³/mol. The third kappa shape index (κ3) is 2.94. The summed E-state index contributed by atoms with van der Waals surface area (Å²) in [6.07, 6.45) is 0.102. The molecule has 0 heterocycles. The van der Waals surface area contributed by atoms with Gasteiger partial charge in [0.15, 0.2) is 5.78 Å². The van der Waals surface area contributed by atoms with E-state index in [2.05, 4.69) is 0 Å². The normalized spacial score (nSPS) is 10.3. The quantitative estimate of drug-likeness (QED) is 0.864. The van der Waals surface area contributed by atoms with Gasteiger partial charge in [-0.15, -0.1) is 0 Å². The van der Waals surface area contributed by atoms with Gasteiger partial charge in [-0.05, 0) is 42.7 Å². The van der Waals surface area contributed by atoms with Gasteiger partial charge in [-0.25, -0.2) is 4.79 Å². The second-order valence-electron chi connectivity index (χ2n) is 4.86. The van der Waals surface area contributed by atoms with Crippen molar-refractivity contribution in [2.45, 2.75) is 20.3 Å². The minimum absolute atomic E-state index is 0.0678. The van der Waals surface area contributed by atoms with E-state index in [-0.39, 0.29) is 17.8 Å². The molecule has 3 nitrogen and oxygen atoms in total. The van der Waals surface area contributed by atoms with E-state index in [4.69, 9.17) is 5.11 Å². The zero-order chi connectivity index (χ0) is 14.7. The van der Waals surface area contributed by atoms with E-state index in [1.807, 2.05) is 26.0 Å². The van der Waals surface area contributed by atoms with Crippen LogP contribution in [0.4, 0.5) is 0 Å². The van der Waals surface area contributed by atoms with Crippen molar-refractivity contribution in [3.05, 3.63) is 70.3 Å². The van der Waals surface area contributed by atoms with Gasteiger partial charge >= 0.3 is 5.97 Å². The van der Waals surface area contributed by atoms with Crippen molar-refractivity contribution in [3.63, 3.8) is 0 Å². The number of hydrogen-bond donors (Lipinski definition) is 1. The van der Waals surface area contributed by atoms with E-state index in [1.54, 1.807) is 24.3 Å². The van der Waals surface area contributed by atoms with Crippen LogP contribution in [0.15, 0.2) is 42.5 Å². The Kier molecular flexibility index (Phi) is 3.99. The Balaban J connectivity index is 2.28. The van der Waals surface area contributed by atoms with Crippen LogP contribution >= 0.6 is 0 Å². The van der Waals surface area contributed by atoms with Crippen LogP contribution in [0.1, 0.15) is 37.4 Å². The average molecular weight is 268 g/mol. The number of carboxylic acids is 1. The molecular weight excluding hydrogens is 252 g/mol. The molecule has 2 aromatic rings. The Morgan fingerprint density at radius 1 is 1.00 bits per heavy atom. The number of carbonyl (C=O) groups is 2. The van der Waals surface area contributed by atoms with Crippen molar-refractivity contribution in [2.75, 3.05) is 0 Å². The van der Waals surface area contributed by atoms with E-state index in [0.717, 1.165) is 11.1 Å². The van der Waals surface area contributed by atoms with Crippen LogP contribution in [0.3, 0.4) is 0 Å². The first-order chi connectivity index (χ1) is 9.49. The third-order valence-electron chi connectivity index (χ3n) is 3.43. The highest BCUT2D eigenvalue weighted by Gasteiger charge is 2.14. The summed E-state index contributed by atoms with van der Waals surface area (Å²) in [7, 11) is 0. The Morgan fingerprint density at radius 3 is 2.35 bits per heavy atom. The van der Waals surface area contributed by atoms with Crippen molar-refractivity contribution < 1.29 is 14.7 Å². The van der Waals surface area contributed by atoms with E-state index >= 15 is 0 Å². The Morgan fingerprint density at radius 2 is 1.70 bits per heavy atom. The molecule has 0 fully saturated rings. The molecule has 3 heteroatoms. The number of rotatable bonds is 4. The van der Waals surface area contributed by atoms with Crippen LogP contribution in [0, 0.1) is 13.8 Å². The number of Topliss-reactive ketones (excluding diaryl/α,β-unsaturated/α-hetero) is 1.